The zero-order valence-corrected chi connectivity index (χ0v) is 18.9. The molecule has 33 heavy (non-hydrogen) atoms. The van der Waals surface area contributed by atoms with Crippen molar-refractivity contribution in [1.29, 1.82) is 0 Å². The van der Waals surface area contributed by atoms with E-state index < -0.39 is 17.4 Å². The number of phenolic OH excluding ortho intramolecular Hbond substituents is 1. The van der Waals surface area contributed by atoms with E-state index in [2.05, 4.69) is 5.32 Å². The predicted octanol–water partition coefficient (Wildman–Crippen LogP) is 5.48. The minimum atomic E-state index is -0.599. The summed E-state index contributed by atoms with van der Waals surface area (Å²) in [6.07, 6.45) is 0.390. The van der Waals surface area contributed by atoms with E-state index in [9.17, 15) is 14.7 Å². The first kappa shape index (κ1) is 22.4. The fourth-order valence-corrected chi connectivity index (χ4v) is 3.99. The Kier molecular flexibility index (Phi) is 6.09. The van der Waals surface area contributed by atoms with Crippen molar-refractivity contribution in [3.05, 3.63) is 89.5 Å². The second-order valence-corrected chi connectivity index (χ2v) is 9.07. The van der Waals surface area contributed by atoms with Crippen LogP contribution in [-0.4, -0.2) is 22.6 Å². The number of benzene rings is 3. The molecule has 2 unspecified atom stereocenters. The van der Waals surface area contributed by atoms with Crippen molar-refractivity contribution in [1.82, 2.24) is 5.32 Å². The molecule has 6 heteroatoms. The average Bonchev–Trinajstić information content (AvgIpc) is 3.13. The Balaban J connectivity index is 1.54. The molecule has 0 aliphatic heterocycles. The quantitative estimate of drug-likeness (QED) is 0.508. The number of hydrogen-bond donors (Lipinski definition) is 2. The van der Waals surface area contributed by atoms with Crippen LogP contribution in [0, 0.1) is 0 Å². The summed E-state index contributed by atoms with van der Waals surface area (Å²) in [4.78, 5) is 25.9. The second-order valence-electron chi connectivity index (χ2n) is 9.07. The number of nitrogens with one attached hydrogen (secondary N) is 1. The molecule has 170 valence electrons. The highest BCUT2D eigenvalue weighted by Gasteiger charge is 2.38. The van der Waals surface area contributed by atoms with Gasteiger partial charge in [-0.05, 0) is 68.7 Å². The average molecular weight is 446 g/mol. The second kappa shape index (κ2) is 8.98. The number of phenols is 1. The summed E-state index contributed by atoms with van der Waals surface area (Å²) < 4.78 is 11.4. The van der Waals surface area contributed by atoms with Gasteiger partial charge in [0.15, 0.2) is 0 Å². The monoisotopic (exact) mass is 445 g/mol. The van der Waals surface area contributed by atoms with E-state index in [0.29, 0.717) is 17.9 Å². The van der Waals surface area contributed by atoms with Crippen molar-refractivity contribution >= 4 is 11.9 Å². The number of carbonyl (C=O) groups is 2. The fourth-order valence-electron chi connectivity index (χ4n) is 3.99. The maximum Gasteiger partial charge on any atom is 0.314 e. The molecule has 0 spiro atoms. The largest absolute Gasteiger partial charge is 0.507 e. The highest BCUT2D eigenvalue weighted by Crippen LogP contribution is 2.42. The third-order valence-electron chi connectivity index (χ3n) is 5.41. The smallest absolute Gasteiger partial charge is 0.314 e. The number of esters is 1. The van der Waals surface area contributed by atoms with Crippen LogP contribution in [0.3, 0.4) is 0 Å². The number of rotatable bonds is 5. The molecule has 0 fully saturated rings. The highest BCUT2D eigenvalue weighted by molar-refractivity contribution is 5.97. The molecule has 2 N–H and O–H groups in total. The number of hydrogen-bond acceptors (Lipinski definition) is 5. The van der Waals surface area contributed by atoms with Gasteiger partial charge in [0.25, 0.3) is 5.91 Å². The van der Waals surface area contributed by atoms with Crippen LogP contribution < -0.4 is 10.1 Å². The van der Waals surface area contributed by atoms with Gasteiger partial charge in [-0.1, -0.05) is 42.5 Å². The summed E-state index contributed by atoms with van der Waals surface area (Å²) in [5.74, 6) is -0.319. The molecule has 0 heterocycles. The van der Waals surface area contributed by atoms with Gasteiger partial charge in [-0.25, -0.2) is 0 Å². The van der Waals surface area contributed by atoms with Crippen molar-refractivity contribution in [3.63, 3.8) is 0 Å². The van der Waals surface area contributed by atoms with Crippen LogP contribution in [0.25, 0.3) is 0 Å². The lowest BCUT2D eigenvalue weighted by Gasteiger charge is -2.22. The molecule has 4 rings (SSSR count). The molecular weight excluding hydrogens is 418 g/mol. The van der Waals surface area contributed by atoms with Gasteiger partial charge in [0.1, 0.15) is 22.8 Å². The summed E-state index contributed by atoms with van der Waals surface area (Å²) in [7, 11) is 0. The Hall–Kier alpha value is -3.80. The number of fused-ring (bicyclic) bond motifs is 1. The molecule has 1 aliphatic rings. The van der Waals surface area contributed by atoms with Crippen LogP contribution in [0.5, 0.6) is 17.2 Å². The lowest BCUT2D eigenvalue weighted by molar-refractivity contribution is -0.156. The number of para-hydroxylation sites is 1. The van der Waals surface area contributed by atoms with E-state index in [1.54, 1.807) is 18.2 Å². The van der Waals surface area contributed by atoms with E-state index in [4.69, 9.17) is 9.47 Å². The first-order valence-corrected chi connectivity index (χ1v) is 10.9. The first-order valence-electron chi connectivity index (χ1n) is 10.9. The van der Waals surface area contributed by atoms with Gasteiger partial charge in [-0.2, -0.15) is 0 Å². The Bertz CT molecular complexity index is 1170. The van der Waals surface area contributed by atoms with Crippen LogP contribution in [0.1, 0.15) is 60.6 Å². The molecule has 0 radical (unpaired) electrons. The standard InChI is InChI=1S/C27H27NO5/c1-27(2,3)33-26(31)21-16-23(20-12-8-7-11-19(20)21)28-25(30)22-15-18(13-14-24(22)29)32-17-9-5-4-6-10-17/h4-15,21,23,29H,16H2,1-3H3,(H,28,30). The minimum Gasteiger partial charge on any atom is -0.507 e. The van der Waals surface area contributed by atoms with Gasteiger partial charge in [0.05, 0.1) is 17.5 Å². The Labute approximate surface area is 193 Å². The Morgan fingerprint density at radius 3 is 2.27 bits per heavy atom. The van der Waals surface area contributed by atoms with E-state index >= 15 is 0 Å². The van der Waals surface area contributed by atoms with Crippen LogP contribution in [-0.2, 0) is 9.53 Å². The molecule has 6 nitrogen and oxygen atoms in total. The zero-order chi connectivity index (χ0) is 23.6. The fraction of sp³-hybridized carbons (Fsp3) is 0.259. The van der Waals surface area contributed by atoms with Gasteiger partial charge >= 0.3 is 5.97 Å². The van der Waals surface area contributed by atoms with Crippen LogP contribution in [0.2, 0.25) is 0 Å². The maximum absolute atomic E-state index is 13.1. The van der Waals surface area contributed by atoms with Gasteiger partial charge < -0.3 is 19.9 Å². The summed E-state index contributed by atoms with van der Waals surface area (Å²) in [5.41, 5.74) is 1.22. The lowest BCUT2D eigenvalue weighted by atomic mass is 10.0. The van der Waals surface area contributed by atoms with Crippen molar-refractivity contribution in [3.8, 4) is 17.2 Å². The minimum absolute atomic E-state index is 0.0987. The number of aromatic hydroxyl groups is 1. The third-order valence-corrected chi connectivity index (χ3v) is 5.41. The SMILES string of the molecule is CC(C)(C)OC(=O)C1CC(NC(=O)c2cc(Oc3ccccc3)ccc2O)c2ccccc21. The summed E-state index contributed by atoms with van der Waals surface area (Å²) >= 11 is 0. The van der Waals surface area contributed by atoms with Gasteiger partial charge in [-0.3, -0.25) is 9.59 Å². The molecule has 0 aromatic heterocycles. The molecule has 2 atom stereocenters. The highest BCUT2D eigenvalue weighted by atomic mass is 16.6. The van der Waals surface area contributed by atoms with Crippen LogP contribution in [0.4, 0.5) is 0 Å². The first-order chi connectivity index (χ1) is 15.7. The molecular formula is C27H27NO5. The maximum atomic E-state index is 13.1. The Morgan fingerprint density at radius 1 is 0.909 bits per heavy atom. The lowest BCUT2D eigenvalue weighted by Crippen LogP contribution is -2.29. The van der Waals surface area contributed by atoms with Crippen molar-refractivity contribution < 1.29 is 24.2 Å². The van der Waals surface area contributed by atoms with Crippen molar-refractivity contribution in [2.45, 2.75) is 44.8 Å². The summed E-state index contributed by atoms with van der Waals surface area (Å²) in [5, 5.41) is 13.3. The molecule has 0 bridgehead atoms. The molecule has 0 saturated heterocycles. The van der Waals surface area contributed by atoms with Crippen molar-refractivity contribution in [2.24, 2.45) is 0 Å². The normalized spacial score (nSPS) is 17.2. The number of carbonyl (C=O) groups excluding carboxylic acids is 2. The molecule has 3 aromatic carbocycles. The number of ether oxygens (including phenoxy) is 2. The Morgan fingerprint density at radius 2 is 1.58 bits per heavy atom. The van der Waals surface area contributed by atoms with Crippen LogP contribution >= 0.6 is 0 Å². The van der Waals surface area contributed by atoms with Crippen molar-refractivity contribution in [2.75, 3.05) is 0 Å². The van der Waals surface area contributed by atoms with Gasteiger partial charge in [-0.15, -0.1) is 0 Å². The number of amides is 1. The summed E-state index contributed by atoms with van der Waals surface area (Å²) in [6, 6.07) is 20.9. The zero-order valence-electron chi connectivity index (χ0n) is 18.9. The van der Waals surface area contributed by atoms with Crippen LogP contribution in [0.15, 0.2) is 72.8 Å². The molecule has 1 amide bonds. The predicted molar refractivity (Wildman–Crippen MR) is 124 cm³/mol. The van der Waals surface area contributed by atoms with E-state index in [-0.39, 0.29) is 23.3 Å². The molecule has 3 aromatic rings. The van der Waals surface area contributed by atoms with Gasteiger partial charge in [0, 0.05) is 0 Å². The third kappa shape index (κ3) is 5.17. The molecule has 1 aliphatic carbocycles. The van der Waals surface area contributed by atoms with E-state index in [0.717, 1.165) is 11.1 Å². The van der Waals surface area contributed by atoms with E-state index in [1.807, 2.05) is 63.2 Å². The van der Waals surface area contributed by atoms with E-state index in [1.165, 1.54) is 12.1 Å². The summed E-state index contributed by atoms with van der Waals surface area (Å²) in [6.45, 7) is 5.49. The van der Waals surface area contributed by atoms with Gasteiger partial charge in [0.2, 0.25) is 0 Å². The topological polar surface area (TPSA) is 84.9 Å². The molecule has 0 saturated carbocycles.